The van der Waals surface area contributed by atoms with Gasteiger partial charge in [0.1, 0.15) is 12.4 Å². The van der Waals surface area contributed by atoms with Crippen LogP contribution in [-0.4, -0.2) is 60.0 Å². The largest absolute Gasteiger partial charge is 0.480 e. The minimum atomic E-state index is -0.966. The Balaban J connectivity index is 1.20. The average Bonchev–Trinajstić information content (AvgIpc) is 3.22. The molecule has 1 saturated heterocycles. The topological polar surface area (TPSA) is 102 Å². The van der Waals surface area contributed by atoms with Crippen molar-refractivity contribution in [2.45, 2.75) is 32.6 Å². The lowest BCUT2D eigenvalue weighted by Crippen LogP contribution is -2.40. The third-order valence-electron chi connectivity index (χ3n) is 6.12. The molecule has 2 aromatic carbocycles. The fourth-order valence-corrected chi connectivity index (χ4v) is 4.19. The lowest BCUT2D eigenvalue weighted by Gasteiger charge is -2.31. The van der Waals surface area contributed by atoms with E-state index in [-0.39, 0.29) is 18.6 Å². The van der Waals surface area contributed by atoms with Gasteiger partial charge in [0.2, 0.25) is 5.89 Å². The Morgan fingerprint density at radius 1 is 1.15 bits per heavy atom. The molecule has 3 aromatic rings. The van der Waals surface area contributed by atoms with Gasteiger partial charge in [-0.2, -0.15) is 0 Å². The third kappa shape index (κ3) is 6.14. The molecule has 0 radical (unpaired) electrons. The van der Waals surface area contributed by atoms with Crippen molar-refractivity contribution in [3.63, 3.8) is 0 Å². The normalized spacial score (nSPS) is 14.4. The van der Waals surface area contributed by atoms with Gasteiger partial charge in [-0.25, -0.2) is 14.6 Å². The van der Waals surface area contributed by atoms with Crippen molar-refractivity contribution in [1.82, 2.24) is 9.88 Å². The first-order valence-electron chi connectivity index (χ1n) is 11.7. The summed E-state index contributed by atoms with van der Waals surface area (Å²) < 4.78 is 16.5. The molecule has 2 heterocycles. The van der Waals surface area contributed by atoms with Crippen LogP contribution in [0.1, 0.15) is 30.7 Å². The average molecular weight is 467 g/mol. The molecule has 1 N–H and O–H groups in total. The zero-order chi connectivity index (χ0) is 23.9. The van der Waals surface area contributed by atoms with Gasteiger partial charge in [-0.15, -0.1) is 0 Å². The Morgan fingerprint density at radius 2 is 1.91 bits per heavy atom. The first kappa shape index (κ1) is 23.8. The van der Waals surface area contributed by atoms with E-state index in [9.17, 15) is 9.59 Å². The van der Waals surface area contributed by atoms with Crippen LogP contribution in [0.5, 0.6) is 0 Å². The van der Waals surface area contributed by atoms with Crippen LogP contribution in [0.25, 0.3) is 22.2 Å². The van der Waals surface area contributed by atoms with E-state index in [2.05, 4.69) is 29.2 Å². The number of likely N-dealkylation sites (tertiary alicyclic amines) is 1. The predicted molar refractivity (Wildman–Crippen MR) is 127 cm³/mol. The van der Waals surface area contributed by atoms with Gasteiger partial charge in [0, 0.05) is 18.7 Å². The molecular weight excluding hydrogens is 436 g/mol. The van der Waals surface area contributed by atoms with Gasteiger partial charge < -0.3 is 23.9 Å². The molecule has 0 atom stereocenters. The molecule has 4 rings (SSSR count). The number of amides is 1. The minimum Gasteiger partial charge on any atom is -0.480 e. The SMILES string of the molecule is Cc1oc(-c2ccc3ccccc3c2)nc1CCCOC(=O)N1CCC(COCC(=O)O)CC1. The third-order valence-corrected chi connectivity index (χ3v) is 6.12. The Labute approximate surface area is 198 Å². The molecule has 1 fully saturated rings. The number of carboxylic acid groups (broad SMARTS) is 1. The molecule has 0 aliphatic carbocycles. The molecular formula is C26H30N2O6. The number of nitrogens with zero attached hydrogens (tertiary/aromatic N) is 2. The van der Waals surface area contributed by atoms with E-state index in [0.29, 0.717) is 45.0 Å². The summed E-state index contributed by atoms with van der Waals surface area (Å²) in [5.41, 5.74) is 1.82. The first-order valence-corrected chi connectivity index (χ1v) is 11.7. The molecule has 1 aliphatic rings. The zero-order valence-corrected chi connectivity index (χ0v) is 19.4. The van der Waals surface area contributed by atoms with E-state index in [1.54, 1.807) is 4.90 Å². The van der Waals surface area contributed by atoms with Gasteiger partial charge >= 0.3 is 12.1 Å². The molecule has 1 aromatic heterocycles. The summed E-state index contributed by atoms with van der Waals surface area (Å²) in [4.78, 5) is 29.2. The Kier molecular flexibility index (Phi) is 7.80. The lowest BCUT2D eigenvalue weighted by atomic mass is 9.98. The second-order valence-corrected chi connectivity index (χ2v) is 8.64. The molecule has 0 spiro atoms. The van der Waals surface area contributed by atoms with E-state index in [4.69, 9.17) is 19.0 Å². The Morgan fingerprint density at radius 3 is 2.68 bits per heavy atom. The van der Waals surface area contributed by atoms with Crippen LogP contribution < -0.4 is 0 Å². The summed E-state index contributed by atoms with van der Waals surface area (Å²) in [5, 5.41) is 10.9. The Hall–Kier alpha value is -3.39. The lowest BCUT2D eigenvalue weighted by molar-refractivity contribution is -0.142. The summed E-state index contributed by atoms with van der Waals surface area (Å²) in [7, 11) is 0. The molecule has 8 nitrogen and oxygen atoms in total. The summed E-state index contributed by atoms with van der Waals surface area (Å²) in [5.74, 6) is 0.689. The van der Waals surface area contributed by atoms with Gasteiger partial charge in [0.25, 0.3) is 0 Å². The molecule has 34 heavy (non-hydrogen) atoms. The van der Waals surface area contributed by atoms with E-state index in [1.165, 1.54) is 5.39 Å². The van der Waals surface area contributed by atoms with Crippen molar-refractivity contribution >= 4 is 22.8 Å². The molecule has 1 amide bonds. The highest BCUT2D eigenvalue weighted by Crippen LogP contribution is 2.26. The number of carbonyl (C=O) groups excluding carboxylic acids is 1. The number of aryl methyl sites for hydroxylation is 2. The number of hydrogen-bond donors (Lipinski definition) is 1. The standard InChI is InChI=1S/C26H30N2O6/c1-18-23(27-25(34-18)22-9-8-20-5-2-3-6-21(20)15-22)7-4-14-33-26(31)28-12-10-19(11-13-28)16-32-17-24(29)30/h2-3,5-6,8-9,15,19H,4,7,10-14,16-17H2,1H3,(H,29,30). The van der Waals surface area contributed by atoms with Gasteiger partial charge in [-0.3, -0.25) is 0 Å². The summed E-state index contributed by atoms with van der Waals surface area (Å²) in [6, 6.07) is 14.3. The van der Waals surface area contributed by atoms with Crippen LogP contribution in [0.3, 0.4) is 0 Å². The highest BCUT2D eigenvalue weighted by atomic mass is 16.6. The fraction of sp³-hybridized carbons (Fsp3) is 0.423. The number of fused-ring (bicyclic) bond motifs is 1. The Bertz CT molecular complexity index is 1130. The number of hydrogen-bond acceptors (Lipinski definition) is 6. The van der Waals surface area contributed by atoms with Gasteiger partial charge in [0.15, 0.2) is 0 Å². The van der Waals surface area contributed by atoms with E-state index < -0.39 is 5.97 Å². The van der Waals surface area contributed by atoms with Gasteiger partial charge in [-0.1, -0.05) is 30.3 Å². The maximum absolute atomic E-state index is 12.3. The fourth-order valence-electron chi connectivity index (χ4n) is 4.19. The quantitative estimate of drug-likeness (QED) is 0.457. The molecule has 0 unspecified atom stereocenters. The van der Waals surface area contributed by atoms with Crippen LogP contribution >= 0.6 is 0 Å². The van der Waals surface area contributed by atoms with E-state index >= 15 is 0 Å². The maximum atomic E-state index is 12.3. The summed E-state index contributed by atoms with van der Waals surface area (Å²) >= 11 is 0. The van der Waals surface area contributed by atoms with Crippen molar-refractivity contribution in [1.29, 1.82) is 0 Å². The van der Waals surface area contributed by atoms with Gasteiger partial charge in [-0.05, 0) is 61.4 Å². The second kappa shape index (κ2) is 11.2. The number of oxazole rings is 1. The molecule has 0 bridgehead atoms. The van der Waals surface area contributed by atoms with Crippen LogP contribution in [0, 0.1) is 12.8 Å². The maximum Gasteiger partial charge on any atom is 0.409 e. The summed E-state index contributed by atoms with van der Waals surface area (Å²) in [6.45, 7) is 3.54. The van der Waals surface area contributed by atoms with Crippen LogP contribution in [0.15, 0.2) is 46.9 Å². The van der Waals surface area contributed by atoms with Crippen molar-refractivity contribution in [3.05, 3.63) is 53.9 Å². The van der Waals surface area contributed by atoms with Crippen molar-refractivity contribution in [2.24, 2.45) is 5.92 Å². The number of aliphatic carboxylic acids is 1. The van der Waals surface area contributed by atoms with E-state index in [0.717, 1.165) is 35.2 Å². The predicted octanol–water partition coefficient (Wildman–Crippen LogP) is 4.69. The monoisotopic (exact) mass is 466 g/mol. The highest BCUT2D eigenvalue weighted by molar-refractivity contribution is 5.86. The van der Waals surface area contributed by atoms with Crippen molar-refractivity contribution < 1.29 is 28.6 Å². The number of carboxylic acids is 1. The molecule has 1 aliphatic heterocycles. The van der Waals surface area contributed by atoms with Gasteiger partial charge in [0.05, 0.1) is 18.9 Å². The summed E-state index contributed by atoms with van der Waals surface area (Å²) in [6.07, 6.45) is 2.59. The van der Waals surface area contributed by atoms with Crippen LogP contribution in [-0.2, 0) is 20.7 Å². The molecule has 0 saturated carbocycles. The van der Waals surface area contributed by atoms with Crippen LogP contribution in [0.4, 0.5) is 4.79 Å². The minimum absolute atomic E-state index is 0.273. The number of piperidine rings is 1. The number of benzene rings is 2. The number of aromatic nitrogens is 1. The first-order chi connectivity index (χ1) is 16.5. The zero-order valence-electron chi connectivity index (χ0n) is 19.4. The number of carbonyl (C=O) groups is 2. The molecule has 180 valence electrons. The van der Waals surface area contributed by atoms with Crippen molar-refractivity contribution in [3.8, 4) is 11.5 Å². The van der Waals surface area contributed by atoms with E-state index in [1.807, 2.05) is 25.1 Å². The van der Waals surface area contributed by atoms with Crippen LogP contribution in [0.2, 0.25) is 0 Å². The number of rotatable bonds is 9. The number of ether oxygens (including phenoxy) is 2. The van der Waals surface area contributed by atoms with Crippen molar-refractivity contribution in [2.75, 3.05) is 32.9 Å². The smallest absolute Gasteiger partial charge is 0.409 e. The molecule has 8 heteroatoms. The second-order valence-electron chi connectivity index (χ2n) is 8.64. The highest BCUT2D eigenvalue weighted by Gasteiger charge is 2.24.